The highest BCUT2D eigenvalue weighted by Gasteiger charge is 2.25. The van der Waals surface area contributed by atoms with E-state index in [2.05, 4.69) is 41.1 Å². The third-order valence-electron chi connectivity index (χ3n) is 5.68. The minimum absolute atomic E-state index is 0.0551. The maximum atomic E-state index is 13.0. The van der Waals surface area contributed by atoms with Gasteiger partial charge in [-0.3, -0.25) is 4.79 Å². The van der Waals surface area contributed by atoms with Crippen molar-refractivity contribution in [2.45, 2.75) is 6.92 Å². The van der Waals surface area contributed by atoms with Gasteiger partial charge in [-0.15, -0.1) is 0 Å². The van der Waals surface area contributed by atoms with E-state index >= 15 is 0 Å². The smallest absolute Gasteiger partial charge is 0.274 e. The molecule has 0 N–H and O–H groups in total. The predicted octanol–water partition coefficient (Wildman–Crippen LogP) is 4.84. The molecule has 6 heteroatoms. The molecule has 0 fully saturated rings. The molecule has 0 saturated carbocycles. The highest BCUT2D eigenvalue weighted by Crippen LogP contribution is 2.41. The van der Waals surface area contributed by atoms with Crippen LogP contribution in [0.1, 0.15) is 6.92 Å². The molecule has 0 aliphatic carbocycles. The zero-order valence-electron chi connectivity index (χ0n) is 17.4. The van der Waals surface area contributed by atoms with Crippen LogP contribution in [0.3, 0.4) is 0 Å². The number of para-hydroxylation sites is 2. The molecular weight excluding hydrogens is 418 g/mol. The van der Waals surface area contributed by atoms with E-state index in [0.717, 1.165) is 34.6 Å². The first-order valence-corrected chi connectivity index (χ1v) is 11.3. The quantitative estimate of drug-likeness (QED) is 0.405. The van der Waals surface area contributed by atoms with Crippen LogP contribution >= 0.6 is 11.3 Å². The van der Waals surface area contributed by atoms with E-state index in [1.54, 1.807) is 4.40 Å². The van der Waals surface area contributed by atoms with E-state index < -0.39 is 0 Å². The number of rotatable bonds is 3. The van der Waals surface area contributed by atoms with Crippen LogP contribution in [-0.2, 0) is 0 Å². The summed E-state index contributed by atoms with van der Waals surface area (Å²) in [6.07, 6.45) is 3.71. The van der Waals surface area contributed by atoms with Crippen LogP contribution in [0.15, 0.2) is 89.6 Å². The van der Waals surface area contributed by atoms with Gasteiger partial charge in [0, 0.05) is 12.6 Å². The Bertz CT molecular complexity index is 1620. The highest BCUT2D eigenvalue weighted by atomic mass is 32.1. The molecular formula is C26H19N3O2S. The van der Waals surface area contributed by atoms with Crippen molar-refractivity contribution in [3.8, 4) is 16.9 Å². The van der Waals surface area contributed by atoms with Crippen molar-refractivity contribution in [1.82, 2.24) is 9.38 Å². The second kappa shape index (κ2) is 7.35. The molecule has 156 valence electrons. The first-order chi connectivity index (χ1) is 15.7. The van der Waals surface area contributed by atoms with Crippen LogP contribution in [0.25, 0.3) is 33.2 Å². The summed E-state index contributed by atoms with van der Waals surface area (Å²) in [4.78, 5) is 20.4. The molecule has 0 radical (unpaired) electrons. The molecule has 0 amide bonds. The third-order valence-corrected chi connectivity index (χ3v) is 6.66. The number of benzene rings is 3. The Balaban J connectivity index is 1.40. The molecule has 0 unspecified atom stereocenters. The fraction of sp³-hybridized carbons (Fsp3) is 0.0769. The van der Waals surface area contributed by atoms with Crippen molar-refractivity contribution in [3.63, 3.8) is 0 Å². The van der Waals surface area contributed by atoms with E-state index in [1.165, 1.54) is 16.9 Å². The van der Waals surface area contributed by atoms with Crippen LogP contribution in [0.4, 0.5) is 5.69 Å². The maximum Gasteiger partial charge on any atom is 0.274 e. The first kappa shape index (κ1) is 18.8. The summed E-state index contributed by atoms with van der Waals surface area (Å²) in [5.41, 5.74) is 4.96. The van der Waals surface area contributed by atoms with E-state index in [9.17, 15) is 4.79 Å². The molecule has 0 saturated heterocycles. The van der Waals surface area contributed by atoms with Crippen molar-refractivity contribution in [1.29, 1.82) is 0 Å². The van der Waals surface area contributed by atoms with Gasteiger partial charge in [0.2, 0.25) is 5.88 Å². The summed E-state index contributed by atoms with van der Waals surface area (Å²) in [5, 5.41) is 0. The van der Waals surface area contributed by atoms with Crippen molar-refractivity contribution >= 4 is 39.1 Å². The Morgan fingerprint density at radius 2 is 1.78 bits per heavy atom. The molecule has 6 rings (SSSR count). The standard InChI is InChI=1S/C26H19N3O2S/c1-2-28-21-16-18(17-8-4-3-5-9-17)12-13-22(21)31-24(28)15-14-23-25(30)29-20-11-7-6-10-19(20)27-26(29)32-23/h3-16H,2H2,1H3/b23-14+,24-15-. The fourth-order valence-corrected chi connectivity index (χ4v) is 5.06. The van der Waals surface area contributed by atoms with Gasteiger partial charge in [-0.2, -0.15) is 0 Å². The Morgan fingerprint density at radius 1 is 0.969 bits per heavy atom. The third kappa shape index (κ3) is 2.92. The molecule has 2 aromatic heterocycles. The van der Waals surface area contributed by atoms with Crippen molar-refractivity contribution < 1.29 is 4.74 Å². The number of hydrogen-bond acceptors (Lipinski definition) is 5. The second-order valence-electron chi connectivity index (χ2n) is 7.56. The van der Waals surface area contributed by atoms with Crippen LogP contribution in [0, 0.1) is 0 Å². The van der Waals surface area contributed by atoms with Gasteiger partial charge in [0.25, 0.3) is 5.56 Å². The lowest BCUT2D eigenvalue weighted by Crippen LogP contribution is -2.23. The maximum absolute atomic E-state index is 13.0. The number of ether oxygens (including phenoxy) is 1. The largest absolute Gasteiger partial charge is 0.439 e. The van der Waals surface area contributed by atoms with Crippen LogP contribution in [-0.4, -0.2) is 15.9 Å². The topological polar surface area (TPSA) is 46.8 Å². The van der Waals surface area contributed by atoms with E-state index in [1.807, 2.05) is 60.7 Å². The average molecular weight is 438 g/mol. The number of nitrogens with zero attached hydrogens (tertiary/aromatic N) is 3. The number of anilines is 1. The van der Waals surface area contributed by atoms with Crippen LogP contribution in [0.5, 0.6) is 5.75 Å². The Morgan fingerprint density at radius 3 is 2.62 bits per heavy atom. The minimum atomic E-state index is -0.0551. The van der Waals surface area contributed by atoms with Crippen molar-refractivity contribution in [2.24, 2.45) is 0 Å². The van der Waals surface area contributed by atoms with Gasteiger partial charge < -0.3 is 9.64 Å². The molecule has 0 bridgehead atoms. The molecule has 3 aromatic carbocycles. The van der Waals surface area contributed by atoms with Gasteiger partial charge in [-0.1, -0.05) is 59.9 Å². The highest BCUT2D eigenvalue weighted by molar-refractivity contribution is 7.15. The van der Waals surface area contributed by atoms with Gasteiger partial charge in [-0.05, 0) is 48.4 Å². The molecule has 0 spiro atoms. The summed E-state index contributed by atoms with van der Waals surface area (Å²) in [7, 11) is 0. The number of allylic oxidation sites excluding steroid dienone is 1. The summed E-state index contributed by atoms with van der Waals surface area (Å²) in [5.74, 6) is 1.53. The van der Waals surface area contributed by atoms with E-state index in [4.69, 9.17) is 4.74 Å². The minimum Gasteiger partial charge on any atom is -0.439 e. The molecule has 5 aromatic rings. The van der Waals surface area contributed by atoms with Gasteiger partial charge >= 0.3 is 0 Å². The van der Waals surface area contributed by atoms with E-state index in [0.29, 0.717) is 15.4 Å². The summed E-state index contributed by atoms with van der Waals surface area (Å²) in [6.45, 7) is 2.85. The van der Waals surface area contributed by atoms with E-state index in [-0.39, 0.29) is 5.56 Å². The molecule has 32 heavy (non-hydrogen) atoms. The molecule has 3 heterocycles. The Hall–Kier alpha value is -3.90. The average Bonchev–Trinajstić information content (AvgIpc) is 3.47. The number of hydrogen-bond donors (Lipinski definition) is 0. The van der Waals surface area contributed by atoms with Gasteiger partial charge in [0.05, 0.1) is 21.3 Å². The monoisotopic (exact) mass is 437 g/mol. The second-order valence-corrected chi connectivity index (χ2v) is 8.57. The van der Waals surface area contributed by atoms with Gasteiger partial charge in [-0.25, -0.2) is 9.38 Å². The molecule has 0 atom stereocenters. The van der Waals surface area contributed by atoms with Crippen LogP contribution < -0.4 is 19.7 Å². The SMILES string of the molecule is CCN1/C(=C/C=c2/sc3nc4ccccc4n3c2=O)Oc2ccc(-c3ccccc3)cc21. The number of fused-ring (bicyclic) bond motifs is 4. The van der Waals surface area contributed by atoms with Crippen molar-refractivity contribution in [3.05, 3.63) is 99.6 Å². The fourth-order valence-electron chi connectivity index (χ4n) is 4.13. The Labute approximate surface area is 188 Å². The number of imidazole rings is 1. The zero-order valence-corrected chi connectivity index (χ0v) is 18.2. The lowest BCUT2D eigenvalue weighted by atomic mass is 10.0. The summed E-state index contributed by atoms with van der Waals surface area (Å²) >= 11 is 1.39. The zero-order chi connectivity index (χ0) is 21.7. The normalized spacial score (nSPS) is 15.1. The summed E-state index contributed by atoms with van der Waals surface area (Å²) in [6, 6.07) is 24.2. The predicted molar refractivity (Wildman–Crippen MR) is 130 cm³/mol. The molecule has 1 aliphatic heterocycles. The lowest BCUT2D eigenvalue weighted by Gasteiger charge is -2.15. The summed E-state index contributed by atoms with van der Waals surface area (Å²) < 4.78 is 8.43. The molecule has 1 aliphatic rings. The van der Waals surface area contributed by atoms with Crippen LogP contribution in [0.2, 0.25) is 0 Å². The lowest BCUT2D eigenvalue weighted by molar-refractivity contribution is 0.440. The molecule has 5 nitrogen and oxygen atoms in total. The first-order valence-electron chi connectivity index (χ1n) is 10.5. The number of aromatic nitrogens is 2. The van der Waals surface area contributed by atoms with Gasteiger partial charge in [0.1, 0.15) is 0 Å². The van der Waals surface area contributed by atoms with Gasteiger partial charge in [0.15, 0.2) is 10.7 Å². The Kier molecular flexibility index (Phi) is 4.33. The van der Waals surface area contributed by atoms with Crippen molar-refractivity contribution in [2.75, 3.05) is 11.4 Å². The number of thiazole rings is 1.